The van der Waals surface area contributed by atoms with Crippen LogP contribution in [0.15, 0.2) is 42.6 Å². The van der Waals surface area contributed by atoms with Crippen LogP contribution in [0.1, 0.15) is 11.1 Å². The molecule has 0 amide bonds. The summed E-state index contributed by atoms with van der Waals surface area (Å²) < 4.78 is 1.80. The van der Waals surface area contributed by atoms with E-state index in [4.69, 9.17) is 0 Å². The van der Waals surface area contributed by atoms with Crippen molar-refractivity contribution in [1.29, 1.82) is 5.26 Å². The molecule has 0 N–H and O–H groups in total. The van der Waals surface area contributed by atoms with Crippen LogP contribution in [-0.2, 0) is 7.05 Å². The molecule has 1 heterocycles. The van der Waals surface area contributed by atoms with Gasteiger partial charge in [-0.25, -0.2) is 0 Å². The zero-order valence-electron chi connectivity index (χ0n) is 10.9. The first-order valence-electron chi connectivity index (χ1n) is 6.13. The van der Waals surface area contributed by atoms with Gasteiger partial charge in [0.05, 0.1) is 11.3 Å². The number of fused-ring (bicyclic) bond motifs is 1. The third-order valence-corrected chi connectivity index (χ3v) is 3.46. The molecule has 0 unspecified atom stereocenters. The minimum atomic E-state index is 0.713. The molecule has 3 rings (SSSR count). The predicted molar refractivity (Wildman–Crippen MR) is 75.6 cm³/mol. The number of nitrogens with zero attached hydrogens (tertiary/aromatic N) is 3. The second-order valence-electron chi connectivity index (χ2n) is 4.61. The van der Waals surface area contributed by atoms with E-state index in [-0.39, 0.29) is 0 Å². The second kappa shape index (κ2) is 4.25. The van der Waals surface area contributed by atoms with Gasteiger partial charge in [0.2, 0.25) is 0 Å². The van der Waals surface area contributed by atoms with E-state index in [0.29, 0.717) is 5.56 Å². The van der Waals surface area contributed by atoms with Crippen LogP contribution in [-0.4, -0.2) is 9.78 Å². The molecule has 0 saturated carbocycles. The molecule has 3 heteroatoms. The van der Waals surface area contributed by atoms with Gasteiger partial charge in [-0.05, 0) is 30.0 Å². The summed E-state index contributed by atoms with van der Waals surface area (Å²) in [6.45, 7) is 2.07. The fourth-order valence-corrected chi connectivity index (χ4v) is 2.52. The lowest BCUT2D eigenvalue weighted by molar-refractivity contribution is 0.776. The number of benzene rings is 2. The number of hydrogen-bond donors (Lipinski definition) is 0. The summed E-state index contributed by atoms with van der Waals surface area (Å²) in [7, 11) is 1.89. The van der Waals surface area contributed by atoms with Crippen molar-refractivity contribution in [2.45, 2.75) is 6.92 Å². The van der Waals surface area contributed by atoms with Gasteiger partial charge in [-0.15, -0.1) is 0 Å². The first kappa shape index (κ1) is 11.5. The van der Waals surface area contributed by atoms with Crippen molar-refractivity contribution in [2.24, 2.45) is 7.05 Å². The van der Waals surface area contributed by atoms with Gasteiger partial charge in [0, 0.05) is 24.2 Å². The number of aryl methyl sites for hydroxylation is 2. The number of rotatable bonds is 1. The van der Waals surface area contributed by atoms with Crippen molar-refractivity contribution >= 4 is 10.8 Å². The van der Waals surface area contributed by atoms with Gasteiger partial charge in [-0.1, -0.05) is 24.3 Å². The Kier molecular flexibility index (Phi) is 2.57. The smallest absolute Gasteiger partial charge is 0.100 e. The highest BCUT2D eigenvalue weighted by Gasteiger charge is 2.13. The Balaban J connectivity index is 2.45. The van der Waals surface area contributed by atoms with Gasteiger partial charge in [0.1, 0.15) is 6.07 Å². The van der Waals surface area contributed by atoms with Crippen molar-refractivity contribution in [3.8, 4) is 17.3 Å². The van der Waals surface area contributed by atoms with Crippen LogP contribution < -0.4 is 0 Å². The molecule has 19 heavy (non-hydrogen) atoms. The van der Waals surface area contributed by atoms with Gasteiger partial charge in [-0.2, -0.15) is 10.4 Å². The van der Waals surface area contributed by atoms with E-state index < -0.39 is 0 Å². The summed E-state index contributed by atoms with van der Waals surface area (Å²) in [5.74, 6) is 0. The van der Waals surface area contributed by atoms with E-state index in [1.807, 2.05) is 31.3 Å². The first-order chi connectivity index (χ1) is 9.22. The zero-order chi connectivity index (χ0) is 13.4. The summed E-state index contributed by atoms with van der Waals surface area (Å²) >= 11 is 0. The van der Waals surface area contributed by atoms with E-state index in [2.05, 4.69) is 30.2 Å². The highest BCUT2D eigenvalue weighted by Crippen LogP contribution is 2.31. The van der Waals surface area contributed by atoms with Gasteiger partial charge in [0.15, 0.2) is 0 Å². The van der Waals surface area contributed by atoms with Crippen LogP contribution in [0.25, 0.3) is 22.0 Å². The molecule has 2 aromatic carbocycles. The van der Waals surface area contributed by atoms with Crippen molar-refractivity contribution < 1.29 is 0 Å². The Morgan fingerprint density at radius 2 is 1.89 bits per heavy atom. The lowest BCUT2D eigenvalue weighted by Gasteiger charge is -2.10. The summed E-state index contributed by atoms with van der Waals surface area (Å²) in [6.07, 6.45) is 1.75. The Labute approximate surface area is 111 Å². The van der Waals surface area contributed by atoms with Gasteiger partial charge in [-0.3, -0.25) is 4.68 Å². The van der Waals surface area contributed by atoms with E-state index in [1.165, 1.54) is 5.56 Å². The normalized spacial score (nSPS) is 10.6. The van der Waals surface area contributed by atoms with Gasteiger partial charge in [0.25, 0.3) is 0 Å². The summed E-state index contributed by atoms with van der Waals surface area (Å²) in [4.78, 5) is 0. The fourth-order valence-electron chi connectivity index (χ4n) is 2.52. The minimum Gasteiger partial charge on any atom is -0.268 e. The maximum atomic E-state index is 9.52. The minimum absolute atomic E-state index is 0.713. The van der Waals surface area contributed by atoms with E-state index in [9.17, 15) is 5.26 Å². The molecule has 3 aromatic rings. The Morgan fingerprint density at radius 3 is 2.53 bits per heavy atom. The lowest BCUT2D eigenvalue weighted by atomic mass is 9.94. The number of aromatic nitrogens is 2. The average molecular weight is 247 g/mol. The largest absolute Gasteiger partial charge is 0.268 e. The monoisotopic (exact) mass is 247 g/mol. The second-order valence-corrected chi connectivity index (χ2v) is 4.61. The molecule has 1 aromatic heterocycles. The average Bonchev–Trinajstić information content (AvgIpc) is 2.85. The molecule has 0 bridgehead atoms. The fraction of sp³-hybridized carbons (Fsp3) is 0.125. The van der Waals surface area contributed by atoms with E-state index >= 15 is 0 Å². The van der Waals surface area contributed by atoms with Crippen molar-refractivity contribution in [3.63, 3.8) is 0 Å². The van der Waals surface area contributed by atoms with Crippen molar-refractivity contribution in [2.75, 3.05) is 0 Å². The van der Waals surface area contributed by atoms with Crippen LogP contribution in [0.5, 0.6) is 0 Å². The molecule has 0 aliphatic heterocycles. The van der Waals surface area contributed by atoms with Crippen LogP contribution in [0.4, 0.5) is 0 Å². The molecule has 0 aliphatic rings. The highest BCUT2D eigenvalue weighted by atomic mass is 15.3. The molecule has 0 radical (unpaired) electrons. The summed E-state index contributed by atoms with van der Waals surface area (Å²) in [5, 5.41) is 15.8. The molecule has 0 fully saturated rings. The molecule has 0 saturated heterocycles. The van der Waals surface area contributed by atoms with Crippen LogP contribution in [0, 0.1) is 18.3 Å². The SMILES string of the molecule is Cc1cc(-c2ccnn2C)c(C#N)c2ccccc12. The standard InChI is InChI=1S/C16H13N3/c1-11-9-14(16-7-8-18-19(16)2)15(10-17)13-6-4-3-5-12(11)13/h3-9H,1-2H3. The maximum Gasteiger partial charge on any atom is 0.100 e. The predicted octanol–water partition coefficient (Wildman–Crippen LogP) is 3.42. The molecule has 0 atom stereocenters. The third kappa shape index (κ3) is 1.69. The summed E-state index contributed by atoms with van der Waals surface area (Å²) in [6, 6.07) is 14.4. The molecular formula is C16H13N3. The molecule has 0 aliphatic carbocycles. The zero-order valence-corrected chi connectivity index (χ0v) is 10.9. The topological polar surface area (TPSA) is 41.6 Å². The van der Waals surface area contributed by atoms with Crippen molar-refractivity contribution in [1.82, 2.24) is 9.78 Å². The van der Waals surface area contributed by atoms with Crippen LogP contribution >= 0.6 is 0 Å². The van der Waals surface area contributed by atoms with E-state index in [0.717, 1.165) is 22.0 Å². The first-order valence-corrected chi connectivity index (χ1v) is 6.13. The number of hydrogen-bond acceptors (Lipinski definition) is 2. The molecule has 0 spiro atoms. The maximum absolute atomic E-state index is 9.52. The Morgan fingerprint density at radius 1 is 1.16 bits per heavy atom. The molecule has 92 valence electrons. The van der Waals surface area contributed by atoms with Crippen molar-refractivity contribution in [3.05, 3.63) is 53.7 Å². The molecular weight excluding hydrogens is 234 g/mol. The number of nitriles is 1. The lowest BCUT2D eigenvalue weighted by Crippen LogP contribution is -1.97. The Bertz CT molecular complexity index is 806. The molecule has 3 nitrogen and oxygen atoms in total. The highest BCUT2D eigenvalue weighted by molar-refractivity contribution is 5.96. The quantitative estimate of drug-likeness (QED) is 0.661. The third-order valence-electron chi connectivity index (χ3n) is 3.46. The summed E-state index contributed by atoms with van der Waals surface area (Å²) in [5.41, 5.74) is 3.79. The van der Waals surface area contributed by atoms with E-state index in [1.54, 1.807) is 10.9 Å². The van der Waals surface area contributed by atoms with Gasteiger partial charge >= 0.3 is 0 Å². The van der Waals surface area contributed by atoms with Gasteiger partial charge < -0.3 is 0 Å². The van der Waals surface area contributed by atoms with Crippen LogP contribution in [0.3, 0.4) is 0 Å². The Hall–Kier alpha value is -2.60. The van der Waals surface area contributed by atoms with Crippen LogP contribution in [0.2, 0.25) is 0 Å².